The highest BCUT2D eigenvalue weighted by Gasteiger charge is 2.29. The minimum atomic E-state index is -1.25. The molecule has 0 aliphatic heterocycles. The molecule has 0 spiro atoms. The molecular weight excluding hydrogens is 807 g/mol. The first-order valence-electron chi connectivity index (χ1n) is 20.3. The van der Waals surface area contributed by atoms with Crippen molar-refractivity contribution in [2.24, 2.45) is 0 Å². The molecule has 0 aromatic heterocycles. The average molecular weight is 849 g/mol. The van der Waals surface area contributed by atoms with Gasteiger partial charge in [0.05, 0.1) is 28.4 Å². The molecule has 0 saturated heterocycles. The summed E-state index contributed by atoms with van der Waals surface area (Å²) in [4.78, 5) is 0. The third-order valence-electron chi connectivity index (χ3n) is 11.8. The van der Waals surface area contributed by atoms with Crippen molar-refractivity contribution in [2.45, 2.75) is 0 Å². The molecule has 0 unspecified atom stereocenters. The van der Waals surface area contributed by atoms with E-state index in [0.717, 1.165) is 64.1 Å². The summed E-state index contributed by atoms with van der Waals surface area (Å²) in [5, 5.41) is 39.6. The highest BCUT2D eigenvalue weighted by atomic mass is 31.1. The van der Waals surface area contributed by atoms with Gasteiger partial charge in [-0.05, 0) is 84.2 Å². The Morgan fingerprint density at radius 1 is 0.323 bits per heavy atom. The Labute approximate surface area is 362 Å². The van der Waals surface area contributed by atoms with Gasteiger partial charge in [0.15, 0.2) is 0 Å². The van der Waals surface area contributed by atoms with E-state index in [4.69, 9.17) is 18.9 Å². The number of ether oxygens (including phenoxy) is 4. The molecule has 0 aliphatic carbocycles. The summed E-state index contributed by atoms with van der Waals surface area (Å²) in [6, 6.07) is 57.5. The van der Waals surface area contributed by atoms with Crippen molar-refractivity contribution >= 4 is 102 Å². The standard InChI is InChI=1S/C54H42O6P2/c1-57-42-29-40-44(59-3)31-46(61(34-17-9-5-10-18-34)35-19-11-6-12-20-35)53(55)51(40)49-38(42)27-25-33-26-28-39-43(58-2)30-41-45(60-4)32-47(54(56)52(41)50(39)48(33)49)62(36-21-13-7-14-22-36)37-23-15-8-16-24-37/h5-32,55-56H,1-4H3. The van der Waals surface area contributed by atoms with Crippen LogP contribution in [0.3, 0.4) is 0 Å². The number of phenols is 2. The maximum Gasteiger partial charge on any atom is 0.132 e. The van der Waals surface area contributed by atoms with Crippen LogP contribution in [0.2, 0.25) is 0 Å². The van der Waals surface area contributed by atoms with Crippen molar-refractivity contribution in [1.29, 1.82) is 0 Å². The molecule has 10 aromatic carbocycles. The highest BCUT2D eigenvalue weighted by Crippen LogP contribution is 2.53. The molecule has 0 saturated carbocycles. The van der Waals surface area contributed by atoms with Gasteiger partial charge in [-0.1, -0.05) is 133 Å². The van der Waals surface area contributed by atoms with E-state index in [-0.39, 0.29) is 11.5 Å². The molecule has 0 radical (unpaired) electrons. The topological polar surface area (TPSA) is 77.4 Å². The molecule has 0 atom stereocenters. The first-order chi connectivity index (χ1) is 30.4. The van der Waals surface area contributed by atoms with Gasteiger partial charge < -0.3 is 29.2 Å². The van der Waals surface area contributed by atoms with Gasteiger partial charge in [-0.3, -0.25) is 0 Å². The fourth-order valence-electron chi connectivity index (χ4n) is 9.04. The van der Waals surface area contributed by atoms with Crippen molar-refractivity contribution in [2.75, 3.05) is 28.4 Å². The van der Waals surface area contributed by atoms with Crippen LogP contribution in [-0.2, 0) is 0 Å². The molecule has 8 heteroatoms. The smallest absolute Gasteiger partial charge is 0.132 e. The maximum absolute atomic E-state index is 13.1. The number of hydrogen-bond acceptors (Lipinski definition) is 6. The molecular formula is C54H42O6P2. The molecule has 6 nitrogen and oxygen atoms in total. The molecule has 0 amide bonds. The van der Waals surface area contributed by atoms with E-state index < -0.39 is 15.8 Å². The lowest BCUT2D eigenvalue weighted by molar-refractivity contribution is 0.414. The molecule has 0 fully saturated rings. The van der Waals surface area contributed by atoms with Crippen molar-refractivity contribution in [3.8, 4) is 34.5 Å². The largest absolute Gasteiger partial charge is 0.507 e. The SMILES string of the molecule is COc1cc(P(c2ccccc2)c2ccccc2)c(O)c2c1cc(OC)c1ccc3ccc4c(OC)cc5c(OC)cc(P(c6ccccc6)c6ccccc6)c(O)c5c4c3c12. The summed E-state index contributed by atoms with van der Waals surface area (Å²) in [5.74, 6) is 2.77. The second kappa shape index (κ2) is 16.2. The van der Waals surface area contributed by atoms with Crippen LogP contribution in [-0.4, -0.2) is 38.7 Å². The average Bonchev–Trinajstić information content (AvgIpc) is 3.33. The molecule has 304 valence electrons. The Kier molecular flexibility index (Phi) is 10.3. The number of rotatable bonds is 10. The maximum atomic E-state index is 13.1. The fraction of sp³-hybridized carbons (Fsp3) is 0.0741. The van der Waals surface area contributed by atoms with Gasteiger partial charge in [0.25, 0.3) is 0 Å². The van der Waals surface area contributed by atoms with Gasteiger partial charge in [0.2, 0.25) is 0 Å². The van der Waals surface area contributed by atoms with Crippen LogP contribution in [0, 0.1) is 0 Å². The molecule has 0 heterocycles. The third kappa shape index (κ3) is 6.33. The summed E-state index contributed by atoms with van der Waals surface area (Å²) in [6.07, 6.45) is 0. The minimum absolute atomic E-state index is 0.156. The van der Waals surface area contributed by atoms with Gasteiger partial charge in [0.1, 0.15) is 34.5 Å². The normalized spacial score (nSPS) is 11.6. The van der Waals surface area contributed by atoms with Crippen LogP contribution < -0.4 is 50.8 Å². The van der Waals surface area contributed by atoms with Gasteiger partial charge in [-0.15, -0.1) is 0 Å². The molecule has 0 bridgehead atoms. The summed E-state index contributed by atoms with van der Waals surface area (Å²) in [6.45, 7) is 0. The second-order valence-corrected chi connectivity index (χ2v) is 19.4. The number of phenolic OH excluding ortho intramolecular Hbond substituents is 2. The zero-order chi connectivity index (χ0) is 42.5. The van der Waals surface area contributed by atoms with Crippen LogP contribution in [0.4, 0.5) is 0 Å². The minimum Gasteiger partial charge on any atom is -0.507 e. The number of hydrogen-bond donors (Lipinski definition) is 2. The zero-order valence-corrected chi connectivity index (χ0v) is 36.4. The summed E-state index contributed by atoms with van der Waals surface area (Å²) in [7, 11) is 4.17. The Morgan fingerprint density at radius 2 is 0.629 bits per heavy atom. The predicted molar refractivity (Wildman–Crippen MR) is 261 cm³/mol. The molecule has 10 rings (SSSR count). The first kappa shape index (κ1) is 39.3. The quantitative estimate of drug-likeness (QED) is 0.105. The van der Waals surface area contributed by atoms with Gasteiger partial charge >= 0.3 is 0 Å². The van der Waals surface area contributed by atoms with Crippen molar-refractivity contribution < 1.29 is 29.2 Å². The van der Waals surface area contributed by atoms with E-state index >= 15 is 0 Å². The van der Waals surface area contributed by atoms with E-state index in [0.29, 0.717) is 44.5 Å². The van der Waals surface area contributed by atoms with Crippen molar-refractivity contribution in [3.05, 3.63) is 170 Å². The molecule has 2 N–H and O–H groups in total. The van der Waals surface area contributed by atoms with Gasteiger partial charge in [-0.2, -0.15) is 0 Å². The van der Waals surface area contributed by atoms with Crippen LogP contribution in [0.15, 0.2) is 170 Å². The van der Waals surface area contributed by atoms with E-state index in [9.17, 15) is 10.2 Å². The third-order valence-corrected chi connectivity index (χ3v) is 16.7. The molecule has 10 aromatic rings. The lowest BCUT2D eigenvalue weighted by atomic mass is 9.89. The lowest BCUT2D eigenvalue weighted by Crippen LogP contribution is -2.21. The second-order valence-electron chi connectivity index (χ2n) is 15.0. The Bertz CT molecular complexity index is 3010. The van der Waals surface area contributed by atoms with Crippen molar-refractivity contribution in [1.82, 2.24) is 0 Å². The summed E-state index contributed by atoms with van der Waals surface area (Å²) >= 11 is 0. The van der Waals surface area contributed by atoms with Gasteiger partial charge in [0, 0.05) is 53.7 Å². The van der Waals surface area contributed by atoms with Crippen LogP contribution in [0.25, 0.3) is 53.9 Å². The Hall–Kier alpha value is -6.84. The predicted octanol–water partition coefficient (Wildman–Crippen LogP) is 10.4. The first-order valence-corrected chi connectivity index (χ1v) is 22.9. The molecule has 62 heavy (non-hydrogen) atoms. The summed E-state index contributed by atoms with van der Waals surface area (Å²) in [5.41, 5.74) is 0. The van der Waals surface area contributed by atoms with E-state index in [1.54, 1.807) is 28.4 Å². The van der Waals surface area contributed by atoms with E-state index in [1.807, 2.05) is 97.1 Å². The van der Waals surface area contributed by atoms with E-state index in [1.165, 1.54) is 0 Å². The Morgan fingerprint density at radius 3 is 0.935 bits per heavy atom. The lowest BCUT2D eigenvalue weighted by Gasteiger charge is -2.25. The molecule has 0 aliphatic rings. The number of aromatic hydroxyl groups is 2. The van der Waals surface area contributed by atoms with Crippen LogP contribution in [0.5, 0.6) is 34.5 Å². The van der Waals surface area contributed by atoms with Crippen LogP contribution >= 0.6 is 15.8 Å². The fourth-order valence-corrected chi connectivity index (χ4v) is 13.8. The number of benzene rings is 10. The van der Waals surface area contributed by atoms with E-state index in [2.05, 4.69) is 72.8 Å². The number of methoxy groups -OCH3 is 4. The van der Waals surface area contributed by atoms with Gasteiger partial charge in [-0.25, -0.2) is 0 Å². The summed E-state index contributed by atoms with van der Waals surface area (Å²) < 4.78 is 24.8. The van der Waals surface area contributed by atoms with Crippen molar-refractivity contribution in [3.63, 3.8) is 0 Å². The van der Waals surface area contributed by atoms with Crippen LogP contribution in [0.1, 0.15) is 0 Å². The number of fused-ring (bicyclic) bond motifs is 9. The Balaban J connectivity index is 1.43. The highest BCUT2D eigenvalue weighted by molar-refractivity contribution is 7.80. The zero-order valence-electron chi connectivity index (χ0n) is 34.6. The monoisotopic (exact) mass is 848 g/mol.